The maximum absolute atomic E-state index is 12.0. The van der Waals surface area contributed by atoms with Crippen molar-refractivity contribution in [2.24, 2.45) is 0 Å². The lowest BCUT2D eigenvalue weighted by molar-refractivity contribution is -0.275. The summed E-state index contributed by atoms with van der Waals surface area (Å²) < 4.78 is 39.6. The Bertz CT molecular complexity index is 427. The number of rotatable bonds is 1. The van der Waals surface area contributed by atoms with Gasteiger partial charge in [-0.3, -0.25) is 0 Å². The fraction of sp³-hybridized carbons (Fsp3) is 0.143. The maximum atomic E-state index is 12.0. The van der Waals surface area contributed by atoms with E-state index in [1.165, 1.54) is 0 Å². The fourth-order valence-electron chi connectivity index (χ4n) is 0.762. The highest BCUT2D eigenvalue weighted by Gasteiger charge is 2.33. The minimum Gasteiger partial charge on any atom is -0.403 e. The van der Waals surface area contributed by atoms with Gasteiger partial charge in [-0.05, 0) is 31.9 Å². The number of nitriles is 1. The van der Waals surface area contributed by atoms with Gasteiger partial charge in [0.15, 0.2) is 5.75 Å². The van der Waals surface area contributed by atoms with Gasteiger partial charge in [0.05, 0.1) is 4.47 Å². The number of hydrogen-bond donors (Lipinski definition) is 0. The van der Waals surface area contributed by atoms with Gasteiger partial charge in [0.2, 0.25) is 0 Å². The van der Waals surface area contributed by atoms with Crippen molar-refractivity contribution in [3.05, 3.63) is 20.8 Å². The molecule has 0 aliphatic rings. The van der Waals surface area contributed by atoms with E-state index in [1.54, 1.807) is 6.07 Å². The van der Waals surface area contributed by atoms with E-state index >= 15 is 0 Å². The van der Waals surface area contributed by atoms with Crippen molar-refractivity contribution in [2.75, 3.05) is 0 Å². The van der Waals surface area contributed by atoms with E-state index in [1.807, 2.05) is 0 Å². The van der Waals surface area contributed by atoms with Crippen LogP contribution in [-0.4, -0.2) is 11.3 Å². The quantitative estimate of drug-likeness (QED) is 0.733. The molecular weight excluding hydrogens is 345 g/mol. The Labute approximate surface area is 99.1 Å². The molecule has 0 aliphatic carbocycles. The normalized spacial score (nSPS) is 10.9. The monoisotopic (exact) mass is 344 g/mol. The number of nitrogens with zero attached hydrogens (tertiary/aromatic N) is 2. The summed E-state index contributed by atoms with van der Waals surface area (Å²) in [4.78, 5) is 3.64. The molecule has 1 rings (SSSR count). The first-order valence-corrected chi connectivity index (χ1v) is 4.93. The molecule has 80 valence electrons. The second-order valence-corrected chi connectivity index (χ2v) is 3.87. The Morgan fingerprint density at radius 3 is 2.47 bits per heavy atom. The van der Waals surface area contributed by atoms with Crippen LogP contribution in [0.4, 0.5) is 13.2 Å². The number of aromatic nitrogens is 1. The molecule has 1 heterocycles. The van der Waals surface area contributed by atoms with Crippen molar-refractivity contribution < 1.29 is 17.9 Å². The molecule has 0 saturated heterocycles. The second kappa shape index (κ2) is 4.37. The van der Waals surface area contributed by atoms with E-state index in [-0.39, 0.29) is 14.6 Å². The molecule has 0 saturated carbocycles. The van der Waals surface area contributed by atoms with E-state index in [0.717, 1.165) is 6.20 Å². The number of ether oxygens (including phenoxy) is 1. The van der Waals surface area contributed by atoms with Gasteiger partial charge in [-0.2, -0.15) is 5.26 Å². The average Bonchev–Trinajstić information content (AvgIpc) is 2.10. The third kappa shape index (κ3) is 3.07. The molecular formula is C7HBr2F3N2O. The first kappa shape index (κ1) is 12.3. The Balaban J connectivity index is 3.28. The van der Waals surface area contributed by atoms with Gasteiger partial charge in [-0.25, -0.2) is 4.98 Å². The van der Waals surface area contributed by atoms with Crippen LogP contribution in [-0.2, 0) is 0 Å². The number of alkyl halides is 3. The zero-order valence-electron chi connectivity index (χ0n) is 6.77. The maximum Gasteiger partial charge on any atom is 0.573 e. The molecule has 15 heavy (non-hydrogen) atoms. The second-order valence-electron chi connectivity index (χ2n) is 2.26. The van der Waals surface area contributed by atoms with Crippen LogP contribution in [0.5, 0.6) is 5.75 Å². The molecule has 0 radical (unpaired) electrons. The highest BCUT2D eigenvalue weighted by Crippen LogP contribution is 2.35. The summed E-state index contributed by atoms with van der Waals surface area (Å²) in [6, 6.07) is 1.56. The van der Waals surface area contributed by atoms with Crippen LogP contribution in [0.2, 0.25) is 0 Å². The standard InChI is InChI=1S/C7HBr2F3N2O/c8-4-2-14-6(9)3(1-13)5(4)15-7(10,11)12/h2H. The summed E-state index contributed by atoms with van der Waals surface area (Å²) in [6.45, 7) is 0. The molecule has 0 spiro atoms. The summed E-state index contributed by atoms with van der Waals surface area (Å²) in [5.41, 5.74) is -0.318. The van der Waals surface area contributed by atoms with Gasteiger partial charge >= 0.3 is 6.36 Å². The van der Waals surface area contributed by atoms with Crippen LogP contribution < -0.4 is 4.74 Å². The molecule has 0 N–H and O–H groups in total. The van der Waals surface area contributed by atoms with Gasteiger partial charge < -0.3 is 4.74 Å². The molecule has 0 aliphatic heterocycles. The zero-order chi connectivity index (χ0) is 11.6. The Morgan fingerprint density at radius 2 is 2.00 bits per heavy atom. The molecule has 3 nitrogen and oxygen atoms in total. The number of hydrogen-bond acceptors (Lipinski definition) is 3. The van der Waals surface area contributed by atoms with Crippen molar-refractivity contribution in [2.45, 2.75) is 6.36 Å². The van der Waals surface area contributed by atoms with E-state index in [2.05, 4.69) is 41.6 Å². The molecule has 1 aromatic heterocycles. The van der Waals surface area contributed by atoms with Gasteiger partial charge in [-0.1, -0.05) is 0 Å². The molecule has 0 unspecified atom stereocenters. The van der Waals surface area contributed by atoms with Crippen LogP contribution in [0.3, 0.4) is 0 Å². The van der Waals surface area contributed by atoms with Crippen LogP contribution in [0.1, 0.15) is 5.56 Å². The van der Waals surface area contributed by atoms with Crippen molar-refractivity contribution in [1.29, 1.82) is 5.26 Å². The fourth-order valence-corrected chi connectivity index (χ4v) is 1.51. The number of halogens is 5. The Kier molecular flexibility index (Phi) is 3.57. The molecule has 0 amide bonds. The van der Waals surface area contributed by atoms with Crippen LogP contribution in [0, 0.1) is 11.3 Å². The van der Waals surface area contributed by atoms with Crippen LogP contribution in [0.15, 0.2) is 15.3 Å². The largest absolute Gasteiger partial charge is 0.573 e. The highest BCUT2D eigenvalue weighted by molar-refractivity contribution is 9.11. The topological polar surface area (TPSA) is 45.9 Å². The van der Waals surface area contributed by atoms with Crippen LogP contribution in [0.25, 0.3) is 0 Å². The van der Waals surface area contributed by atoms with Gasteiger partial charge in [0.25, 0.3) is 0 Å². The zero-order valence-corrected chi connectivity index (χ0v) is 9.94. The predicted octanol–water partition coefficient (Wildman–Crippen LogP) is 3.38. The van der Waals surface area contributed by atoms with E-state index < -0.39 is 12.1 Å². The summed E-state index contributed by atoms with van der Waals surface area (Å²) >= 11 is 5.66. The summed E-state index contributed by atoms with van der Waals surface area (Å²) in [5, 5.41) is 8.63. The van der Waals surface area contributed by atoms with E-state index in [4.69, 9.17) is 5.26 Å². The minimum atomic E-state index is -4.85. The summed E-state index contributed by atoms with van der Waals surface area (Å²) in [7, 11) is 0. The van der Waals surface area contributed by atoms with Crippen molar-refractivity contribution in [1.82, 2.24) is 4.98 Å². The first-order chi connectivity index (χ1) is 6.85. The smallest absolute Gasteiger partial charge is 0.403 e. The number of pyridine rings is 1. The molecule has 1 aromatic rings. The summed E-state index contributed by atoms with van der Waals surface area (Å²) in [6.07, 6.45) is -3.75. The SMILES string of the molecule is N#Cc1c(Br)ncc(Br)c1OC(F)(F)F. The molecule has 8 heteroatoms. The Hall–Kier alpha value is -0.810. The lowest BCUT2D eigenvalue weighted by atomic mass is 10.3. The molecule has 0 aromatic carbocycles. The molecule has 0 bridgehead atoms. The molecule has 0 fully saturated rings. The third-order valence-corrected chi connectivity index (χ3v) is 2.44. The van der Waals surface area contributed by atoms with Gasteiger partial charge in [0, 0.05) is 6.20 Å². The van der Waals surface area contributed by atoms with Gasteiger partial charge in [0.1, 0.15) is 16.2 Å². The third-order valence-electron chi connectivity index (χ3n) is 1.27. The minimum absolute atomic E-state index is 0.00699. The van der Waals surface area contributed by atoms with E-state index in [9.17, 15) is 13.2 Å². The van der Waals surface area contributed by atoms with Crippen molar-refractivity contribution >= 4 is 31.9 Å². The van der Waals surface area contributed by atoms with E-state index in [0.29, 0.717) is 0 Å². The first-order valence-electron chi connectivity index (χ1n) is 3.35. The van der Waals surface area contributed by atoms with Gasteiger partial charge in [-0.15, -0.1) is 13.2 Å². The summed E-state index contributed by atoms with van der Waals surface area (Å²) in [5.74, 6) is -0.605. The van der Waals surface area contributed by atoms with Crippen molar-refractivity contribution in [3.63, 3.8) is 0 Å². The van der Waals surface area contributed by atoms with Crippen molar-refractivity contribution in [3.8, 4) is 11.8 Å². The molecule has 0 atom stereocenters. The lowest BCUT2D eigenvalue weighted by Gasteiger charge is -2.11. The lowest BCUT2D eigenvalue weighted by Crippen LogP contribution is -2.18. The van der Waals surface area contributed by atoms with Crippen LogP contribution >= 0.6 is 31.9 Å². The Morgan fingerprint density at radius 1 is 1.40 bits per heavy atom. The highest BCUT2D eigenvalue weighted by atomic mass is 79.9. The predicted molar refractivity (Wildman–Crippen MR) is 51.0 cm³/mol. The average molecular weight is 346 g/mol.